The smallest absolute Gasteiger partial charge is 0.326 e. The standard InChI is InChI=1S/C13H24N2O4/c1-7(2)10(11(16)17)15-12(18)14-8-6-9(19-5)13(8,3)4/h7-10H,6H2,1-5H3,(H,16,17)(H2,14,15,18). The Balaban J connectivity index is 2.51. The summed E-state index contributed by atoms with van der Waals surface area (Å²) in [4.78, 5) is 22.8. The number of urea groups is 1. The summed E-state index contributed by atoms with van der Waals surface area (Å²) in [5.41, 5.74) is -0.136. The number of rotatable bonds is 5. The molecule has 6 nitrogen and oxygen atoms in total. The highest BCUT2D eigenvalue weighted by atomic mass is 16.5. The van der Waals surface area contributed by atoms with E-state index in [2.05, 4.69) is 10.6 Å². The van der Waals surface area contributed by atoms with E-state index in [0.717, 1.165) is 6.42 Å². The van der Waals surface area contributed by atoms with Crippen LogP contribution in [0.2, 0.25) is 0 Å². The van der Waals surface area contributed by atoms with E-state index < -0.39 is 18.0 Å². The van der Waals surface area contributed by atoms with Gasteiger partial charge in [0, 0.05) is 18.6 Å². The molecule has 3 N–H and O–H groups in total. The molecule has 0 heterocycles. The van der Waals surface area contributed by atoms with E-state index in [-0.39, 0.29) is 23.5 Å². The Hall–Kier alpha value is -1.30. The van der Waals surface area contributed by atoms with Crippen molar-refractivity contribution >= 4 is 12.0 Å². The van der Waals surface area contributed by atoms with Crippen LogP contribution in [0.4, 0.5) is 4.79 Å². The van der Waals surface area contributed by atoms with Crippen LogP contribution >= 0.6 is 0 Å². The second kappa shape index (κ2) is 5.77. The fraction of sp³-hybridized carbons (Fsp3) is 0.846. The van der Waals surface area contributed by atoms with Crippen molar-refractivity contribution in [3.63, 3.8) is 0 Å². The second-order valence-electron chi connectivity index (χ2n) is 6.01. The van der Waals surface area contributed by atoms with Gasteiger partial charge in [0.15, 0.2) is 0 Å². The minimum Gasteiger partial charge on any atom is -0.480 e. The maximum absolute atomic E-state index is 11.8. The van der Waals surface area contributed by atoms with E-state index in [1.807, 2.05) is 13.8 Å². The van der Waals surface area contributed by atoms with Crippen LogP contribution in [0, 0.1) is 11.3 Å². The number of nitrogens with one attached hydrogen (secondary N) is 2. The minimum atomic E-state index is -1.02. The topological polar surface area (TPSA) is 87.7 Å². The molecule has 3 atom stereocenters. The van der Waals surface area contributed by atoms with Crippen molar-refractivity contribution in [3.8, 4) is 0 Å². The van der Waals surface area contributed by atoms with E-state index in [0.29, 0.717) is 0 Å². The van der Waals surface area contributed by atoms with Crippen LogP contribution in [-0.4, -0.2) is 42.4 Å². The number of amides is 2. The predicted molar refractivity (Wildman–Crippen MR) is 70.9 cm³/mol. The van der Waals surface area contributed by atoms with Crippen molar-refractivity contribution < 1.29 is 19.4 Å². The minimum absolute atomic E-state index is 0.000873. The molecule has 1 fully saturated rings. The third-order valence-corrected chi connectivity index (χ3v) is 3.99. The van der Waals surface area contributed by atoms with Gasteiger partial charge in [-0.2, -0.15) is 0 Å². The van der Waals surface area contributed by atoms with Gasteiger partial charge < -0.3 is 20.5 Å². The first-order valence-corrected chi connectivity index (χ1v) is 6.52. The summed E-state index contributed by atoms with van der Waals surface area (Å²) < 4.78 is 5.30. The molecular formula is C13H24N2O4. The number of methoxy groups -OCH3 is 1. The van der Waals surface area contributed by atoms with E-state index in [1.165, 1.54) is 0 Å². The molecular weight excluding hydrogens is 248 g/mol. The molecule has 0 spiro atoms. The van der Waals surface area contributed by atoms with E-state index in [9.17, 15) is 9.59 Å². The summed E-state index contributed by atoms with van der Waals surface area (Å²) in [6.45, 7) is 7.56. The van der Waals surface area contributed by atoms with Crippen LogP contribution in [0.3, 0.4) is 0 Å². The van der Waals surface area contributed by atoms with Gasteiger partial charge in [0.2, 0.25) is 0 Å². The molecule has 0 aromatic carbocycles. The number of aliphatic carboxylic acids is 1. The lowest BCUT2D eigenvalue weighted by molar-refractivity contribution is -0.140. The summed E-state index contributed by atoms with van der Waals surface area (Å²) >= 11 is 0. The normalized spacial score (nSPS) is 26.4. The molecule has 0 aromatic rings. The molecule has 1 aliphatic rings. The van der Waals surface area contributed by atoms with Crippen molar-refractivity contribution in [1.82, 2.24) is 10.6 Å². The van der Waals surface area contributed by atoms with Gasteiger partial charge in [0.05, 0.1) is 6.10 Å². The van der Waals surface area contributed by atoms with Gasteiger partial charge in [-0.05, 0) is 12.3 Å². The van der Waals surface area contributed by atoms with Crippen LogP contribution in [0.1, 0.15) is 34.1 Å². The van der Waals surface area contributed by atoms with Gasteiger partial charge in [0.1, 0.15) is 6.04 Å². The molecule has 0 aromatic heterocycles. The fourth-order valence-corrected chi connectivity index (χ4v) is 2.39. The summed E-state index contributed by atoms with van der Waals surface area (Å²) in [6, 6.07) is -1.31. The largest absolute Gasteiger partial charge is 0.480 e. The molecule has 1 rings (SSSR count). The highest BCUT2D eigenvalue weighted by molar-refractivity contribution is 5.82. The summed E-state index contributed by atoms with van der Waals surface area (Å²) in [6.07, 6.45) is 0.870. The van der Waals surface area contributed by atoms with Crippen molar-refractivity contribution in [3.05, 3.63) is 0 Å². The lowest BCUT2D eigenvalue weighted by atomic mass is 9.64. The molecule has 19 heavy (non-hydrogen) atoms. The first-order chi connectivity index (χ1) is 8.70. The van der Waals surface area contributed by atoms with Crippen molar-refractivity contribution in [2.75, 3.05) is 7.11 Å². The average molecular weight is 272 g/mol. The highest BCUT2D eigenvalue weighted by Crippen LogP contribution is 2.42. The zero-order valence-electron chi connectivity index (χ0n) is 12.2. The molecule has 0 aliphatic heterocycles. The van der Waals surface area contributed by atoms with Crippen molar-refractivity contribution in [2.45, 2.75) is 52.3 Å². The Kier molecular flexibility index (Phi) is 4.79. The number of carboxylic acids is 1. The quantitative estimate of drug-likeness (QED) is 0.702. The molecule has 6 heteroatoms. The zero-order chi connectivity index (χ0) is 14.8. The van der Waals surface area contributed by atoms with Crippen LogP contribution in [-0.2, 0) is 9.53 Å². The third kappa shape index (κ3) is 3.37. The summed E-state index contributed by atoms with van der Waals surface area (Å²) in [5, 5.41) is 14.3. The van der Waals surface area contributed by atoms with Gasteiger partial charge in [-0.1, -0.05) is 27.7 Å². The fourth-order valence-electron chi connectivity index (χ4n) is 2.39. The molecule has 0 bridgehead atoms. The second-order valence-corrected chi connectivity index (χ2v) is 6.01. The van der Waals surface area contributed by atoms with E-state index >= 15 is 0 Å². The lowest BCUT2D eigenvalue weighted by Gasteiger charge is -2.51. The molecule has 0 radical (unpaired) electrons. The number of ether oxygens (including phenoxy) is 1. The number of carbonyl (C=O) groups is 2. The number of hydrogen-bond donors (Lipinski definition) is 3. The molecule has 3 unspecified atom stereocenters. The van der Waals surface area contributed by atoms with Crippen LogP contribution in [0.5, 0.6) is 0 Å². The van der Waals surface area contributed by atoms with Crippen molar-refractivity contribution in [1.29, 1.82) is 0 Å². The Morgan fingerprint density at radius 3 is 2.32 bits per heavy atom. The average Bonchev–Trinajstić information content (AvgIpc) is 2.30. The molecule has 1 aliphatic carbocycles. The molecule has 110 valence electrons. The van der Waals surface area contributed by atoms with Crippen LogP contribution in [0.15, 0.2) is 0 Å². The summed E-state index contributed by atoms with van der Waals surface area (Å²) in [5.74, 6) is -1.18. The van der Waals surface area contributed by atoms with E-state index in [1.54, 1.807) is 21.0 Å². The van der Waals surface area contributed by atoms with Crippen LogP contribution in [0.25, 0.3) is 0 Å². The lowest BCUT2D eigenvalue weighted by Crippen LogP contribution is -2.64. The maximum atomic E-state index is 11.8. The Labute approximate surface area is 113 Å². The van der Waals surface area contributed by atoms with Gasteiger partial charge in [-0.25, -0.2) is 9.59 Å². The molecule has 0 saturated heterocycles. The van der Waals surface area contributed by atoms with Gasteiger partial charge in [-0.15, -0.1) is 0 Å². The first-order valence-electron chi connectivity index (χ1n) is 6.52. The maximum Gasteiger partial charge on any atom is 0.326 e. The molecule has 1 saturated carbocycles. The van der Waals surface area contributed by atoms with Crippen LogP contribution < -0.4 is 10.6 Å². The Morgan fingerprint density at radius 1 is 1.37 bits per heavy atom. The van der Waals surface area contributed by atoms with Gasteiger partial charge in [-0.3, -0.25) is 0 Å². The monoisotopic (exact) mass is 272 g/mol. The molecule has 2 amide bonds. The Morgan fingerprint density at radius 2 is 1.95 bits per heavy atom. The Bertz CT molecular complexity index is 355. The van der Waals surface area contributed by atoms with Gasteiger partial charge >= 0.3 is 12.0 Å². The number of carboxylic acid groups (broad SMARTS) is 1. The SMILES string of the molecule is COC1CC(NC(=O)NC(C(=O)O)C(C)C)C1(C)C. The highest BCUT2D eigenvalue weighted by Gasteiger charge is 2.49. The van der Waals surface area contributed by atoms with Crippen molar-refractivity contribution in [2.24, 2.45) is 11.3 Å². The van der Waals surface area contributed by atoms with E-state index in [4.69, 9.17) is 9.84 Å². The third-order valence-electron chi connectivity index (χ3n) is 3.99. The zero-order valence-corrected chi connectivity index (χ0v) is 12.2. The first kappa shape index (κ1) is 15.8. The van der Waals surface area contributed by atoms with Gasteiger partial charge in [0.25, 0.3) is 0 Å². The number of hydrogen-bond acceptors (Lipinski definition) is 3. The summed E-state index contributed by atoms with van der Waals surface area (Å²) in [7, 11) is 1.65. The number of carbonyl (C=O) groups excluding carboxylic acids is 1. The predicted octanol–water partition coefficient (Wildman–Crippen LogP) is 1.21.